The maximum Gasteiger partial charge on any atom is 0.323 e. The third-order valence-corrected chi connectivity index (χ3v) is 4.80. The molecule has 0 heterocycles. The first-order valence-electron chi connectivity index (χ1n) is 14.3. The molecule has 0 saturated carbocycles. The summed E-state index contributed by atoms with van der Waals surface area (Å²) in [7, 11) is -1.22. The third kappa shape index (κ3) is 19.2. The van der Waals surface area contributed by atoms with Crippen molar-refractivity contribution in [2.24, 2.45) is 0 Å². The molecule has 0 bridgehead atoms. The van der Waals surface area contributed by atoms with Crippen molar-refractivity contribution in [2.45, 2.75) is 106 Å². The fraction of sp³-hybridized carbons (Fsp3) is 0.548. The van der Waals surface area contributed by atoms with E-state index in [1.165, 1.54) is 0 Å². The average molecular weight is 573 g/mol. The monoisotopic (exact) mass is 572 g/mol. The number of rotatable bonds is 8. The van der Waals surface area contributed by atoms with Gasteiger partial charge < -0.3 is 21.3 Å². The highest BCUT2D eigenvalue weighted by atomic mass is 28.3. The van der Waals surface area contributed by atoms with Crippen LogP contribution in [-0.2, 0) is 12.8 Å². The van der Waals surface area contributed by atoms with E-state index in [2.05, 4.69) is 94.4 Å². The second-order valence-corrected chi connectivity index (χ2v) is 25.0. The number of carbonyl (C=O) groups is 2. The van der Waals surface area contributed by atoms with Crippen molar-refractivity contribution in [3.63, 3.8) is 0 Å². The van der Waals surface area contributed by atoms with Gasteiger partial charge in [-0.05, 0) is 55.0 Å². The van der Waals surface area contributed by atoms with E-state index in [-0.39, 0.29) is 12.1 Å². The molecule has 220 valence electrons. The van der Waals surface area contributed by atoms with E-state index in [0.29, 0.717) is 17.9 Å². The van der Waals surface area contributed by atoms with Crippen LogP contribution in [0.25, 0.3) is 0 Å². The molecular weight excluding hydrogens is 517 g/mol. The summed E-state index contributed by atoms with van der Waals surface area (Å²) in [5.74, 6) is 0. The molecule has 0 unspecified atom stereocenters. The van der Waals surface area contributed by atoms with Crippen molar-refractivity contribution in [3.8, 4) is 0 Å². The number of hydrogen-bond donors (Lipinski definition) is 4. The first-order valence-corrected chi connectivity index (χ1v) is 22.3. The summed E-state index contributed by atoms with van der Waals surface area (Å²) in [4.78, 5) is 24.6. The number of nitrogens with one attached hydrogen (secondary N) is 4. The third-order valence-electron chi connectivity index (χ3n) is 4.80. The molecule has 39 heavy (non-hydrogen) atoms. The Kier molecular flexibility index (Phi) is 16.7. The number of urea groups is 2. The Balaban J connectivity index is 0.00000123. The largest absolute Gasteiger partial charge is 0.338 e. The molecule has 8 heteroatoms. The van der Waals surface area contributed by atoms with Crippen LogP contribution in [-0.4, -0.2) is 34.8 Å². The van der Waals surface area contributed by atoms with E-state index in [1.807, 2.05) is 37.3 Å². The molecule has 0 saturated heterocycles. The summed E-state index contributed by atoms with van der Waals surface area (Å²) in [6, 6.07) is 11.0. The molecule has 2 aromatic carbocycles. The van der Waals surface area contributed by atoms with Gasteiger partial charge in [0.15, 0.2) is 0 Å². The van der Waals surface area contributed by atoms with Gasteiger partial charge in [0.05, 0.1) is 0 Å². The lowest BCUT2D eigenvalue weighted by Gasteiger charge is -2.16. The molecule has 0 aromatic heterocycles. The molecule has 0 spiro atoms. The van der Waals surface area contributed by atoms with Crippen LogP contribution in [0.2, 0.25) is 52.4 Å². The highest BCUT2D eigenvalue weighted by Crippen LogP contribution is 2.24. The second kappa shape index (κ2) is 17.9. The zero-order chi connectivity index (χ0) is 30.2. The van der Waals surface area contributed by atoms with E-state index in [9.17, 15) is 9.59 Å². The van der Waals surface area contributed by atoms with Crippen LogP contribution in [0.3, 0.4) is 0 Å². The lowest BCUT2D eigenvalue weighted by atomic mass is 10.0. The molecule has 0 aliphatic carbocycles. The zero-order valence-corrected chi connectivity index (χ0v) is 28.8. The van der Waals surface area contributed by atoms with Gasteiger partial charge in [0.25, 0.3) is 0 Å². The summed E-state index contributed by atoms with van der Waals surface area (Å²) in [5, 5.41) is 11.5. The summed E-state index contributed by atoms with van der Waals surface area (Å²) < 4.78 is 0. The number of benzene rings is 2. The van der Waals surface area contributed by atoms with Gasteiger partial charge in [0.2, 0.25) is 0 Å². The summed E-state index contributed by atoms with van der Waals surface area (Å²) in [5.41, 5.74) is 5.29. The number of hydrogen-bond acceptors (Lipinski definition) is 2. The molecule has 4 amide bonds. The Hall–Kier alpha value is -2.59. The van der Waals surface area contributed by atoms with Crippen molar-refractivity contribution in [1.82, 2.24) is 5.32 Å². The van der Waals surface area contributed by atoms with Crippen LogP contribution in [0.5, 0.6) is 0 Å². The quantitative estimate of drug-likeness (QED) is 0.188. The zero-order valence-electron chi connectivity index (χ0n) is 26.8. The van der Waals surface area contributed by atoms with Crippen LogP contribution >= 0.6 is 0 Å². The van der Waals surface area contributed by atoms with Gasteiger partial charge in [-0.2, -0.15) is 0 Å². The molecular formula is C31H56N4O2Si2. The smallest absolute Gasteiger partial charge is 0.323 e. The van der Waals surface area contributed by atoms with E-state index in [4.69, 9.17) is 0 Å². The highest BCUT2D eigenvalue weighted by Gasteiger charge is 2.11. The van der Waals surface area contributed by atoms with Crippen molar-refractivity contribution >= 4 is 45.3 Å². The predicted molar refractivity (Wildman–Crippen MR) is 179 cm³/mol. The molecule has 6 nitrogen and oxygen atoms in total. The average Bonchev–Trinajstić information content (AvgIpc) is 2.79. The lowest BCUT2D eigenvalue weighted by molar-refractivity contribution is 0.252. The van der Waals surface area contributed by atoms with E-state index >= 15 is 0 Å². The molecule has 2 rings (SSSR count). The fourth-order valence-corrected chi connectivity index (χ4v) is 3.06. The molecule has 4 N–H and O–H groups in total. The molecule has 0 aliphatic rings. The Morgan fingerprint density at radius 1 is 0.718 bits per heavy atom. The Morgan fingerprint density at radius 3 is 1.69 bits per heavy atom. The van der Waals surface area contributed by atoms with Crippen molar-refractivity contribution in [3.05, 3.63) is 53.1 Å². The minimum absolute atomic E-state index is 0.243. The fourth-order valence-electron chi connectivity index (χ4n) is 3.06. The van der Waals surface area contributed by atoms with Crippen molar-refractivity contribution in [2.75, 3.05) is 22.5 Å². The molecule has 0 radical (unpaired) electrons. The van der Waals surface area contributed by atoms with Crippen LogP contribution < -0.4 is 21.3 Å². The van der Waals surface area contributed by atoms with Gasteiger partial charge in [-0.25, -0.2) is 9.59 Å². The standard InChI is InChI=1S/C23H32N4O2.2C4H12Si/c1-5-8-14-24-22(28)26-20-15-19(13-12-16(20)4)25-23(29)27-21-17(6-2)10-9-11-18(21)7-3;2*1-5(2,3)4/h9-13,15H,5-8,14H2,1-4H3,(H2,24,26,28)(H2,25,27,29);2*1-4H3. The summed E-state index contributed by atoms with van der Waals surface area (Å²) in [6.07, 6.45) is 3.65. The highest BCUT2D eigenvalue weighted by molar-refractivity contribution is 6.75. The summed E-state index contributed by atoms with van der Waals surface area (Å²) >= 11 is 0. The van der Waals surface area contributed by atoms with Gasteiger partial charge >= 0.3 is 12.1 Å². The number of anilines is 3. The topological polar surface area (TPSA) is 82.3 Å². The van der Waals surface area contributed by atoms with E-state index in [0.717, 1.165) is 48.1 Å². The Bertz CT molecular complexity index is 982. The van der Waals surface area contributed by atoms with Gasteiger partial charge in [-0.3, -0.25) is 0 Å². The van der Waals surface area contributed by atoms with Crippen molar-refractivity contribution in [1.29, 1.82) is 0 Å². The number of aryl methyl sites for hydroxylation is 3. The number of carbonyl (C=O) groups excluding carboxylic acids is 2. The molecule has 0 aliphatic heterocycles. The second-order valence-electron chi connectivity index (χ2n) is 13.0. The van der Waals surface area contributed by atoms with E-state index < -0.39 is 16.1 Å². The van der Waals surface area contributed by atoms with Crippen LogP contribution in [0.15, 0.2) is 36.4 Å². The maximum atomic E-state index is 12.6. The van der Waals surface area contributed by atoms with Crippen LogP contribution in [0, 0.1) is 6.92 Å². The number of para-hydroxylation sites is 1. The number of amides is 4. The number of unbranched alkanes of at least 4 members (excludes halogenated alkanes) is 1. The first-order chi connectivity index (χ1) is 18.0. The lowest BCUT2D eigenvalue weighted by Crippen LogP contribution is -2.29. The summed E-state index contributed by atoms with van der Waals surface area (Å²) in [6.45, 7) is 27.4. The van der Waals surface area contributed by atoms with E-state index in [1.54, 1.807) is 6.07 Å². The molecule has 2 aromatic rings. The SMILES string of the molecule is CCCCNC(=O)Nc1cc(NC(=O)Nc2c(CC)cccc2CC)ccc1C.C[Si](C)(C)C.C[Si](C)(C)C. The first kappa shape index (κ1) is 36.4. The predicted octanol–water partition coefficient (Wildman–Crippen LogP) is 9.59. The van der Waals surface area contributed by atoms with Crippen LogP contribution in [0.4, 0.5) is 26.7 Å². The Labute approximate surface area is 241 Å². The normalized spacial score (nSPS) is 10.8. The van der Waals surface area contributed by atoms with Gasteiger partial charge in [0, 0.05) is 39.8 Å². The molecule has 0 fully saturated rings. The minimum Gasteiger partial charge on any atom is -0.338 e. The van der Waals surface area contributed by atoms with Gasteiger partial charge in [-0.1, -0.05) is 104 Å². The van der Waals surface area contributed by atoms with Gasteiger partial charge in [0.1, 0.15) is 0 Å². The Morgan fingerprint density at radius 2 is 1.23 bits per heavy atom. The maximum absolute atomic E-state index is 12.6. The van der Waals surface area contributed by atoms with Crippen LogP contribution in [0.1, 0.15) is 50.3 Å². The molecule has 0 atom stereocenters. The van der Waals surface area contributed by atoms with Gasteiger partial charge in [-0.15, -0.1) is 0 Å². The van der Waals surface area contributed by atoms with Crippen molar-refractivity contribution < 1.29 is 9.59 Å². The minimum atomic E-state index is -0.611.